The number of rotatable bonds is 4. The van der Waals surface area contributed by atoms with E-state index in [2.05, 4.69) is 11.9 Å². The van der Waals surface area contributed by atoms with Gasteiger partial charge in [0, 0.05) is 23.9 Å². The zero-order chi connectivity index (χ0) is 19.7. The van der Waals surface area contributed by atoms with E-state index in [4.69, 9.17) is 0 Å². The minimum Gasteiger partial charge on any atom is -0.345 e. The number of likely N-dealkylation sites (N-methyl/N-ethyl adjacent to an activating group) is 1. The molecular formula is C20H17F3N2O2. The molecule has 3 rings (SSSR count). The van der Waals surface area contributed by atoms with Gasteiger partial charge in [-0.2, -0.15) is 0 Å². The number of aryl methyl sites for hydroxylation is 1. The van der Waals surface area contributed by atoms with Gasteiger partial charge in [0.15, 0.2) is 17.5 Å². The molecule has 0 saturated carbocycles. The van der Waals surface area contributed by atoms with Crippen molar-refractivity contribution < 1.29 is 22.8 Å². The maximum atomic E-state index is 14.1. The van der Waals surface area contributed by atoms with Crippen LogP contribution in [0.2, 0.25) is 0 Å². The lowest BCUT2D eigenvalue weighted by Crippen LogP contribution is -2.28. The molecule has 0 spiro atoms. The molecule has 1 unspecified atom stereocenters. The molecule has 0 radical (unpaired) electrons. The van der Waals surface area contributed by atoms with Crippen molar-refractivity contribution >= 4 is 17.5 Å². The van der Waals surface area contributed by atoms with Gasteiger partial charge >= 0.3 is 0 Å². The van der Waals surface area contributed by atoms with E-state index in [-0.39, 0.29) is 11.5 Å². The van der Waals surface area contributed by atoms with Gasteiger partial charge in [-0.3, -0.25) is 9.59 Å². The number of carbonyl (C=O) groups is 2. The van der Waals surface area contributed by atoms with E-state index >= 15 is 0 Å². The van der Waals surface area contributed by atoms with Gasteiger partial charge in [0.2, 0.25) is 5.91 Å². The molecule has 7 heteroatoms. The average Bonchev–Trinajstić information content (AvgIpc) is 3.07. The van der Waals surface area contributed by atoms with Crippen LogP contribution in [0.1, 0.15) is 33.9 Å². The minimum atomic E-state index is -1.53. The molecule has 2 amide bonds. The first-order valence-corrected chi connectivity index (χ1v) is 8.30. The van der Waals surface area contributed by atoms with E-state index in [0.717, 1.165) is 6.07 Å². The summed E-state index contributed by atoms with van der Waals surface area (Å²) in [4.78, 5) is 25.4. The SMILES string of the molecule is C=CC(=O)N(C)c1ccc(C(=O)NC2CCc3cc(F)c(F)c(F)c32)cc1. The standard InChI is InChI=1S/C20H17F3N2O2/c1-3-16(26)25(2)13-7-4-11(5-8-13)20(27)24-15-9-6-12-10-14(21)18(22)19(23)17(12)15/h3-5,7-8,10,15H,1,6,9H2,2H3,(H,24,27). The van der Waals surface area contributed by atoms with Gasteiger partial charge in [0.05, 0.1) is 6.04 Å². The number of fused-ring (bicyclic) bond motifs is 1. The largest absolute Gasteiger partial charge is 0.345 e. The number of amides is 2. The van der Waals surface area contributed by atoms with Crippen LogP contribution in [-0.4, -0.2) is 18.9 Å². The molecule has 0 heterocycles. The normalized spacial score (nSPS) is 15.2. The van der Waals surface area contributed by atoms with Gasteiger partial charge < -0.3 is 10.2 Å². The fraction of sp³-hybridized carbons (Fsp3) is 0.200. The first kappa shape index (κ1) is 18.7. The van der Waals surface area contributed by atoms with Gasteiger partial charge in [-0.1, -0.05) is 6.58 Å². The van der Waals surface area contributed by atoms with Crippen LogP contribution >= 0.6 is 0 Å². The summed E-state index contributed by atoms with van der Waals surface area (Å²) in [6.07, 6.45) is 1.88. The van der Waals surface area contributed by atoms with E-state index in [1.54, 1.807) is 19.2 Å². The molecule has 0 fully saturated rings. The second-order valence-corrected chi connectivity index (χ2v) is 6.27. The lowest BCUT2D eigenvalue weighted by Gasteiger charge is -2.17. The van der Waals surface area contributed by atoms with Crippen molar-refractivity contribution in [2.45, 2.75) is 18.9 Å². The van der Waals surface area contributed by atoms with Crippen LogP contribution in [0.5, 0.6) is 0 Å². The Labute approximate surface area is 154 Å². The molecule has 4 nitrogen and oxygen atoms in total. The zero-order valence-corrected chi connectivity index (χ0v) is 14.6. The molecule has 2 aromatic rings. The van der Waals surface area contributed by atoms with E-state index in [0.29, 0.717) is 29.7 Å². The summed E-state index contributed by atoms with van der Waals surface area (Å²) in [6.45, 7) is 3.41. The number of halogens is 3. The van der Waals surface area contributed by atoms with Crippen molar-refractivity contribution in [1.29, 1.82) is 0 Å². The number of nitrogens with one attached hydrogen (secondary N) is 1. The second kappa shape index (κ2) is 7.26. The lowest BCUT2D eigenvalue weighted by atomic mass is 10.1. The maximum absolute atomic E-state index is 14.1. The summed E-state index contributed by atoms with van der Waals surface area (Å²) < 4.78 is 41.0. The van der Waals surface area contributed by atoms with Crippen LogP contribution < -0.4 is 10.2 Å². The van der Waals surface area contributed by atoms with Gasteiger partial charge in [-0.05, 0) is 54.8 Å². The molecule has 140 valence electrons. The lowest BCUT2D eigenvalue weighted by molar-refractivity contribution is -0.113. The Bertz CT molecular complexity index is 926. The molecule has 1 atom stereocenters. The third-order valence-electron chi connectivity index (χ3n) is 4.66. The summed E-state index contributed by atoms with van der Waals surface area (Å²) in [5.74, 6) is -4.78. The van der Waals surface area contributed by atoms with Crippen LogP contribution in [0.15, 0.2) is 43.0 Å². The van der Waals surface area contributed by atoms with Crippen molar-refractivity contribution in [2.24, 2.45) is 0 Å². The van der Waals surface area contributed by atoms with Crippen molar-refractivity contribution in [3.8, 4) is 0 Å². The molecule has 27 heavy (non-hydrogen) atoms. The number of hydrogen-bond acceptors (Lipinski definition) is 2. The molecule has 0 saturated heterocycles. The van der Waals surface area contributed by atoms with Crippen molar-refractivity contribution in [2.75, 3.05) is 11.9 Å². The topological polar surface area (TPSA) is 49.4 Å². The van der Waals surface area contributed by atoms with E-state index in [9.17, 15) is 22.8 Å². The molecular weight excluding hydrogens is 357 g/mol. The van der Waals surface area contributed by atoms with Crippen LogP contribution in [0.4, 0.5) is 18.9 Å². The summed E-state index contributed by atoms with van der Waals surface area (Å²) in [5, 5.41) is 2.66. The first-order valence-electron chi connectivity index (χ1n) is 8.30. The molecule has 2 aromatic carbocycles. The first-order chi connectivity index (χ1) is 12.8. The highest BCUT2D eigenvalue weighted by Gasteiger charge is 2.31. The van der Waals surface area contributed by atoms with E-state index < -0.39 is 29.4 Å². The van der Waals surface area contributed by atoms with E-state index in [1.807, 2.05) is 0 Å². The summed E-state index contributed by atoms with van der Waals surface area (Å²) >= 11 is 0. The monoisotopic (exact) mass is 374 g/mol. The summed E-state index contributed by atoms with van der Waals surface area (Å²) in [5.41, 5.74) is 1.23. The van der Waals surface area contributed by atoms with Gasteiger partial charge in [0.1, 0.15) is 0 Å². The van der Waals surface area contributed by atoms with Crippen LogP contribution in [0, 0.1) is 17.5 Å². The van der Waals surface area contributed by atoms with Crippen molar-refractivity contribution in [3.63, 3.8) is 0 Å². The second-order valence-electron chi connectivity index (χ2n) is 6.27. The number of carbonyl (C=O) groups excluding carboxylic acids is 2. The summed E-state index contributed by atoms with van der Waals surface area (Å²) in [7, 11) is 1.57. The molecule has 1 aliphatic rings. The zero-order valence-electron chi connectivity index (χ0n) is 14.6. The number of hydrogen-bond donors (Lipinski definition) is 1. The highest BCUT2D eigenvalue weighted by molar-refractivity contribution is 6.01. The Morgan fingerprint density at radius 3 is 2.48 bits per heavy atom. The molecule has 1 N–H and O–H groups in total. The van der Waals surface area contributed by atoms with Gasteiger partial charge in [-0.15, -0.1) is 0 Å². The Hall–Kier alpha value is -3.09. The van der Waals surface area contributed by atoms with Crippen LogP contribution in [0.3, 0.4) is 0 Å². The predicted octanol–water partition coefficient (Wildman–Crippen LogP) is 3.67. The molecule has 1 aliphatic carbocycles. The fourth-order valence-corrected chi connectivity index (χ4v) is 3.17. The molecule has 0 aromatic heterocycles. The van der Waals surface area contributed by atoms with Gasteiger partial charge in [0.25, 0.3) is 5.91 Å². The highest BCUT2D eigenvalue weighted by Crippen LogP contribution is 2.35. The Morgan fingerprint density at radius 2 is 1.85 bits per heavy atom. The predicted molar refractivity (Wildman–Crippen MR) is 94.9 cm³/mol. The van der Waals surface area contributed by atoms with Crippen molar-refractivity contribution in [3.05, 3.63) is 77.1 Å². The smallest absolute Gasteiger partial charge is 0.251 e. The van der Waals surface area contributed by atoms with E-state index in [1.165, 1.54) is 23.1 Å². The summed E-state index contributed by atoms with van der Waals surface area (Å²) in [6, 6.07) is 6.47. The third kappa shape index (κ3) is 3.45. The molecule has 0 bridgehead atoms. The quantitative estimate of drug-likeness (QED) is 0.656. The third-order valence-corrected chi connectivity index (χ3v) is 4.66. The minimum absolute atomic E-state index is 0.00446. The van der Waals surface area contributed by atoms with Crippen LogP contribution in [-0.2, 0) is 11.2 Å². The van der Waals surface area contributed by atoms with Crippen LogP contribution in [0.25, 0.3) is 0 Å². The Balaban J connectivity index is 1.77. The van der Waals surface area contributed by atoms with Gasteiger partial charge in [-0.25, -0.2) is 13.2 Å². The number of nitrogens with zero attached hydrogens (tertiary/aromatic N) is 1. The average molecular weight is 374 g/mol. The number of anilines is 1. The Kier molecular flexibility index (Phi) is 5.03. The number of benzene rings is 2. The highest BCUT2D eigenvalue weighted by atomic mass is 19.2. The molecule has 0 aliphatic heterocycles. The fourth-order valence-electron chi connectivity index (χ4n) is 3.17. The maximum Gasteiger partial charge on any atom is 0.251 e. The Morgan fingerprint density at radius 1 is 1.19 bits per heavy atom. The van der Waals surface area contributed by atoms with Crippen molar-refractivity contribution in [1.82, 2.24) is 5.32 Å².